The number of benzene rings is 1. The number of ether oxygens (including phenoxy) is 1. The van der Waals surface area contributed by atoms with Gasteiger partial charge in [-0.05, 0) is 12.1 Å². The van der Waals surface area contributed by atoms with E-state index in [1.165, 1.54) is 11.3 Å². The van der Waals surface area contributed by atoms with Crippen LogP contribution in [0.3, 0.4) is 0 Å². The second kappa shape index (κ2) is 7.81. The maximum absolute atomic E-state index is 12.3. The van der Waals surface area contributed by atoms with Gasteiger partial charge in [-0.2, -0.15) is 0 Å². The van der Waals surface area contributed by atoms with E-state index in [9.17, 15) is 4.79 Å². The van der Waals surface area contributed by atoms with Crippen molar-refractivity contribution in [2.45, 2.75) is 6.42 Å². The molecule has 1 fully saturated rings. The normalized spacial score (nSPS) is 15.9. The lowest BCUT2D eigenvalue weighted by Crippen LogP contribution is -3.14. The summed E-state index contributed by atoms with van der Waals surface area (Å²) in [5.74, 6) is -0.107. The summed E-state index contributed by atoms with van der Waals surface area (Å²) < 4.78 is 6.27. The van der Waals surface area contributed by atoms with Crippen molar-refractivity contribution in [3.63, 3.8) is 0 Å². The molecule has 0 bridgehead atoms. The first-order chi connectivity index (χ1) is 11.1. The molecular formula is C16H19Cl2N2O2S+. The van der Waals surface area contributed by atoms with Gasteiger partial charge in [0.2, 0.25) is 0 Å². The number of amides is 1. The van der Waals surface area contributed by atoms with E-state index in [2.05, 4.69) is 5.32 Å². The number of quaternary nitrogens is 1. The second-order valence-electron chi connectivity index (χ2n) is 5.61. The van der Waals surface area contributed by atoms with Crippen LogP contribution < -0.4 is 10.2 Å². The van der Waals surface area contributed by atoms with Gasteiger partial charge in [0.15, 0.2) is 0 Å². The average molecular weight is 374 g/mol. The molecule has 1 amide bonds. The Hall–Kier alpha value is -0.850. The van der Waals surface area contributed by atoms with E-state index < -0.39 is 0 Å². The molecule has 1 aliphatic heterocycles. The maximum atomic E-state index is 12.3. The van der Waals surface area contributed by atoms with Crippen LogP contribution in [0.15, 0.2) is 18.2 Å². The van der Waals surface area contributed by atoms with Crippen LogP contribution >= 0.6 is 34.5 Å². The highest BCUT2D eigenvalue weighted by Crippen LogP contribution is 2.36. The molecule has 0 atom stereocenters. The van der Waals surface area contributed by atoms with Gasteiger partial charge in [-0.15, -0.1) is 11.3 Å². The SMILES string of the molecule is O=C(NCCC[NH+]1CCOCC1)c1sc2cc(Cl)ccc2c1Cl. The Balaban J connectivity index is 1.54. The number of hydrogen-bond donors (Lipinski definition) is 2. The third-order valence-corrected chi connectivity index (χ3v) is 5.88. The molecule has 2 aromatic rings. The van der Waals surface area contributed by atoms with Gasteiger partial charge in [0, 0.05) is 28.1 Å². The Morgan fingerprint density at radius 2 is 2.09 bits per heavy atom. The predicted molar refractivity (Wildman–Crippen MR) is 95.2 cm³/mol. The first-order valence-electron chi connectivity index (χ1n) is 7.72. The standard InChI is InChI=1S/C16H18Cl2N2O2S/c17-11-2-3-12-13(10-11)23-15(14(12)18)16(21)19-4-1-5-20-6-8-22-9-7-20/h2-3,10H,1,4-9H2,(H,19,21)/p+1. The Bertz CT molecular complexity index is 699. The molecule has 23 heavy (non-hydrogen) atoms. The van der Waals surface area contributed by atoms with Crippen molar-refractivity contribution in [1.82, 2.24) is 5.32 Å². The fraction of sp³-hybridized carbons (Fsp3) is 0.438. The van der Waals surface area contributed by atoms with Crippen LogP contribution in [0.25, 0.3) is 10.1 Å². The summed E-state index contributed by atoms with van der Waals surface area (Å²) in [6.07, 6.45) is 0.954. The van der Waals surface area contributed by atoms with Crippen LogP contribution in [0.5, 0.6) is 0 Å². The average Bonchev–Trinajstić information content (AvgIpc) is 2.88. The van der Waals surface area contributed by atoms with Crippen LogP contribution in [0.4, 0.5) is 0 Å². The van der Waals surface area contributed by atoms with Crippen molar-refractivity contribution >= 4 is 50.5 Å². The third-order valence-electron chi connectivity index (χ3n) is 3.99. The van der Waals surface area contributed by atoms with Gasteiger partial charge in [0.25, 0.3) is 5.91 Å². The lowest BCUT2D eigenvalue weighted by Gasteiger charge is -2.23. The van der Waals surface area contributed by atoms with E-state index in [-0.39, 0.29) is 5.91 Å². The lowest BCUT2D eigenvalue weighted by molar-refractivity contribution is -0.908. The van der Waals surface area contributed by atoms with Crippen molar-refractivity contribution < 1.29 is 14.4 Å². The van der Waals surface area contributed by atoms with Gasteiger partial charge in [0.05, 0.1) is 24.8 Å². The number of halogens is 2. The summed E-state index contributed by atoms with van der Waals surface area (Å²) in [6, 6.07) is 5.48. The molecule has 1 saturated heterocycles. The van der Waals surface area contributed by atoms with Crippen LogP contribution in [0, 0.1) is 0 Å². The molecule has 2 heterocycles. The molecule has 0 unspecified atom stereocenters. The number of hydrogen-bond acceptors (Lipinski definition) is 3. The van der Waals surface area contributed by atoms with Crippen LogP contribution in [0.2, 0.25) is 10.0 Å². The van der Waals surface area contributed by atoms with Gasteiger partial charge in [-0.25, -0.2) is 0 Å². The maximum Gasteiger partial charge on any atom is 0.262 e. The minimum atomic E-state index is -0.107. The molecule has 1 aromatic carbocycles. The van der Waals surface area contributed by atoms with E-state index in [1.807, 2.05) is 12.1 Å². The first-order valence-corrected chi connectivity index (χ1v) is 9.29. The highest BCUT2D eigenvalue weighted by molar-refractivity contribution is 7.21. The molecule has 1 aromatic heterocycles. The van der Waals surface area contributed by atoms with Gasteiger partial charge >= 0.3 is 0 Å². The Morgan fingerprint density at radius 1 is 1.30 bits per heavy atom. The largest absolute Gasteiger partial charge is 0.370 e. The van der Waals surface area contributed by atoms with Crippen LogP contribution in [-0.4, -0.2) is 45.3 Å². The van der Waals surface area contributed by atoms with Gasteiger partial charge in [-0.1, -0.05) is 29.3 Å². The van der Waals surface area contributed by atoms with Crippen LogP contribution in [-0.2, 0) is 4.74 Å². The third kappa shape index (κ3) is 4.17. The van der Waals surface area contributed by atoms with E-state index in [1.54, 1.807) is 11.0 Å². The van der Waals surface area contributed by atoms with Gasteiger partial charge < -0.3 is 15.0 Å². The molecule has 7 heteroatoms. The number of nitrogens with one attached hydrogen (secondary N) is 2. The topological polar surface area (TPSA) is 42.8 Å². The Kier molecular flexibility index (Phi) is 5.77. The predicted octanol–water partition coefficient (Wildman–Crippen LogP) is 2.24. The molecule has 1 aliphatic rings. The zero-order valence-electron chi connectivity index (χ0n) is 12.7. The zero-order valence-corrected chi connectivity index (χ0v) is 15.0. The van der Waals surface area contributed by atoms with E-state index in [0.717, 1.165) is 49.4 Å². The van der Waals surface area contributed by atoms with E-state index in [0.29, 0.717) is 21.5 Å². The Labute approximate surface area is 149 Å². The van der Waals surface area contributed by atoms with Crippen molar-refractivity contribution in [3.8, 4) is 0 Å². The second-order valence-corrected chi connectivity index (χ2v) is 7.47. The van der Waals surface area contributed by atoms with Gasteiger partial charge in [0.1, 0.15) is 18.0 Å². The highest BCUT2D eigenvalue weighted by Gasteiger charge is 2.17. The number of fused-ring (bicyclic) bond motifs is 1. The fourth-order valence-electron chi connectivity index (χ4n) is 2.72. The molecule has 0 aliphatic carbocycles. The minimum Gasteiger partial charge on any atom is -0.370 e. The van der Waals surface area contributed by atoms with Crippen LogP contribution in [0.1, 0.15) is 16.1 Å². The molecule has 2 N–H and O–H groups in total. The molecule has 124 valence electrons. The molecule has 0 radical (unpaired) electrons. The lowest BCUT2D eigenvalue weighted by atomic mass is 10.2. The summed E-state index contributed by atoms with van der Waals surface area (Å²) >= 11 is 13.7. The number of rotatable bonds is 5. The smallest absolute Gasteiger partial charge is 0.262 e. The minimum absolute atomic E-state index is 0.107. The number of carbonyl (C=O) groups is 1. The van der Waals surface area contributed by atoms with Crippen molar-refractivity contribution in [3.05, 3.63) is 33.1 Å². The van der Waals surface area contributed by atoms with Crippen molar-refractivity contribution in [1.29, 1.82) is 0 Å². The Morgan fingerprint density at radius 3 is 2.87 bits per heavy atom. The molecule has 3 rings (SSSR count). The van der Waals surface area contributed by atoms with E-state index >= 15 is 0 Å². The summed E-state index contributed by atoms with van der Waals surface area (Å²) in [5, 5.41) is 5.00. The zero-order chi connectivity index (χ0) is 16.2. The number of thiophene rings is 1. The monoisotopic (exact) mass is 373 g/mol. The molecular weight excluding hydrogens is 355 g/mol. The van der Waals surface area contributed by atoms with Gasteiger partial charge in [-0.3, -0.25) is 4.79 Å². The summed E-state index contributed by atoms with van der Waals surface area (Å²) in [4.78, 5) is 14.4. The molecule has 4 nitrogen and oxygen atoms in total. The number of carbonyl (C=O) groups excluding carboxylic acids is 1. The fourth-order valence-corrected chi connectivity index (χ4v) is 4.43. The quantitative estimate of drug-likeness (QED) is 0.789. The summed E-state index contributed by atoms with van der Waals surface area (Å²) in [6.45, 7) is 5.49. The van der Waals surface area contributed by atoms with Crippen molar-refractivity contribution in [2.24, 2.45) is 0 Å². The number of morpholine rings is 1. The summed E-state index contributed by atoms with van der Waals surface area (Å²) in [5.41, 5.74) is 0. The highest BCUT2D eigenvalue weighted by atomic mass is 35.5. The van der Waals surface area contributed by atoms with Crippen molar-refractivity contribution in [2.75, 3.05) is 39.4 Å². The molecule has 0 spiro atoms. The first kappa shape index (κ1) is 17.0. The molecule has 0 saturated carbocycles. The van der Waals surface area contributed by atoms with E-state index in [4.69, 9.17) is 27.9 Å². The summed E-state index contributed by atoms with van der Waals surface area (Å²) in [7, 11) is 0.